The van der Waals surface area contributed by atoms with Crippen LogP contribution in [0.3, 0.4) is 0 Å². The smallest absolute Gasteiger partial charge is 0.220 e. The van der Waals surface area contributed by atoms with Gasteiger partial charge in [0, 0.05) is 6.42 Å². The van der Waals surface area contributed by atoms with E-state index in [-0.39, 0.29) is 18.9 Å². The van der Waals surface area contributed by atoms with E-state index in [1.807, 2.05) is 6.08 Å². The van der Waals surface area contributed by atoms with Gasteiger partial charge < -0.3 is 89.9 Å². The molecule has 0 aromatic heterocycles. The Morgan fingerprint density at radius 3 is 1.16 bits per heavy atom. The third-order valence-electron chi connectivity index (χ3n) is 18.3. The SMILES string of the molecule is CC/C=C\C/C=C\C/C=C\C/C=C\CCCCC(=O)NC(COC1OC(CO)C(OC2OC(CO)C(OC3OC(CO)C(O)C(O)C3O)C(O)C2O)C(O)C1O)C(O)/C=C/CCCCCCCCCCCCCCCCCCCCCCCCCCCCCCCCC. The number of ether oxygens (including phenoxy) is 6. The fourth-order valence-electron chi connectivity index (χ4n) is 12.4. The van der Waals surface area contributed by atoms with Crippen molar-refractivity contribution in [2.75, 3.05) is 26.4 Å². The van der Waals surface area contributed by atoms with Crippen molar-refractivity contribution in [2.45, 2.75) is 375 Å². The number of aliphatic hydroxyl groups excluding tert-OH is 11. The molecule has 3 rings (SSSR count). The number of carbonyl (C=O) groups is 1. The van der Waals surface area contributed by atoms with Crippen LogP contribution in [0, 0.1) is 0 Å². The molecule has 17 unspecified atom stereocenters. The molecule has 542 valence electrons. The highest BCUT2D eigenvalue weighted by molar-refractivity contribution is 5.76. The fourth-order valence-corrected chi connectivity index (χ4v) is 12.4. The van der Waals surface area contributed by atoms with Gasteiger partial charge in [0.2, 0.25) is 5.91 Å². The third-order valence-corrected chi connectivity index (χ3v) is 18.3. The van der Waals surface area contributed by atoms with Gasteiger partial charge in [-0.1, -0.05) is 267 Å². The number of allylic oxidation sites excluding steroid dienone is 9. The van der Waals surface area contributed by atoms with Crippen LogP contribution in [0.5, 0.6) is 0 Å². The molecule has 0 saturated carbocycles. The van der Waals surface area contributed by atoms with Gasteiger partial charge in [-0.15, -0.1) is 0 Å². The maximum absolute atomic E-state index is 13.4. The highest BCUT2D eigenvalue weighted by Gasteiger charge is 2.53. The number of unbranched alkanes of at least 4 members (excludes halogenated alkanes) is 33. The molecule has 0 bridgehead atoms. The van der Waals surface area contributed by atoms with Crippen LogP contribution in [-0.4, -0.2) is 193 Å². The monoisotopic (exact) mass is 1320 g/mol. The molecule has 12 N–H and O–H groups in total. The number of amides is 1. The number of hydrogen-bond acceptors (Lipinski definition) is 18. The van der Waals surface area contributed by atoms with Crippen LogP contribution >= 0.6 is 0 Å². The van der Waals surface area contributed by atoms with Gasteiger partial charge in [0.1, 0.15) is 73.2 Å². The summed E-state index contributed by atoms with van der Waals surface area (Å²) in [5.74, 6) is -0.315. The normalized spacial score (nSPS) is 27.9. The summed E-state index contributed by atoms with van der Waals surface area (Å²) in [6.45, 7) is 1.60. The summed E-state index contributed by atoms with van der Waals surface area (Å²) in [5, 5.41) is 121. The van der Waals surface area contributed by atoms with E-state index in [1.165, 1.54) is 180 Å². The van der Waals surface area contributed by atoms with Gasteiger partial charge in [-0.3, -0.25) is 4.79 Å². The summed E-state index contributed by atoms with van der Waals surface area (Å²) < 4.78 is 34.3. The predicted octanol–water partition coefficient (Wildman–Crippen LogP) is 10.7. The Bertz CT molecular complexity index is 1920. The lowest BCUT2D eigenvalue weighted by molar-refractivity contribution is -0.379. The summed E-state index contributed by atoms with van der Waals surface area (Å²) in [7, 11) is 0. The molecule has 0 aromatic rings. The van der Waals surface area contributed by atoms with Gasteiger partial charge >= 0.3 is 0 Å². The highest BCUT2D eigenvalue weighted by atomic mass is 16.8. The zero-order chi connectivity index (χ0) is 67.5. The molecular formula is C74H133NO18. The van der Waals surface area contributed by atoms with Gasteiger partial charge in [0.05, 0.1) is 38.6 Å². The Balaban J connectivity index is 1.37. The first kappa shape index (κ1) is 84.7. The minimum atomic E-state index is -1.98. The van der Waals surface area contributed by atoms with Crippen molar-refractivity contribution in [3.63, 3.8) is 0 Å². The molecule has 3 heterocycles. The number of aliphatic hydroxyl groups is 11. The van der Waals surface area contributed by atoms with E-state index in [0.717, 1.165) is 64.2 Å². The second-order valence-electron chi connectivity index (χ2n) is 26.4. The second-order valence-corrected chi connectivity index (χ2v) is 26.4. The lowest BCUT2D eigenvalue weighted by Gasteiger charge is -2.48. The first-order chi connectivity index (χ1) is 45.3. The summed E-state index contributed by atoms with van der Waals surface area (Å²) in [4.78, 5) is 13.4. The summed E-state index contributed by atoms with van der Waals surface area (Å²) >= 11 is 0. The highest BCUT2D eigenvalue weighted by Crippen LogP contribution is 2.33. The molecule has 1 amide bonds. The molecule has 0 radical (unpaired) electrons. The van der Waals surface area contributed by atoms with Gasteiger partial charge in [0.25, 0.3) is 0 Å². The number of rotatable bonds is 57. The van der Waals surface area contributed by atoms with Crippen LogP contribution < -0.4 is 5.32 Å². The van der Waals surface area contributed by atoms with Gasteiger partial charge in [-0.25, -0.2) is 0 Å². The van der Waals surface area contributed by atoms with Crippen molar-refractivity contribution in [3.05, 3.63) is 60.8 Å². The Kier molecular flexibility index (Phi) is 50.4. The zero-order valence-electron chi connectivity index (χ0n) is 57.5. The standard InChI is InChI=1S/C74H133NO18/c1-3-5-7-9-11-13-15-17-19-20-21-22-23-24-25-26-27-28-29-30-31-32-33-34-35-36-38-39-41-43-45-47-49-51-58(79)57(75-62(80)52-50-48-46-44-42-40-37-18-16-14-12-10-8-6-4-2)56-88-72-68(86)65(83)70(60(54-77)90-72)93-74-69(87)66(84)71(61(55-78)91-74)92-73-67(85)64(82)63(81)59(53-76)89-73/h6,8,12,14,18,37,42,44,49,51,57-61,63-74,76-79,81-87H,3-5,7,9-11,13,15-17,19-36,38-41,43,45-48,50,52-56H2,1-2H3,(H,75,80)/b8-6-,14-12-,37-18-,44-42-,51-49+. The Morgan fingerprint density at radius 1 is 0.398 bits per heavy atom. The van der Waals surface area contributed by atoms with E-state index < -0.39 is 124 Å². The van der Waals surface area contributed by atoms with Gasteiger partial charge in [0.15, 0.2) is 18.9 Å². The van der Waals surface area contributed by atoms with Crippen molar-refractivity contribution in [2.24, 2.45) is 0 Å². The molecule has 3 aliphatic heterocycles. The van der Waals surface area contributed by atoms with E-state index in [1.54, 1.807) is 6.08 Å². The van der Waals surface area contributed by atoms with Crippen LogP contribution in [-0.2, 0) is 33.2 Å². The quantitative estimate of drug-likeness (QED) is 0.0199. The molecule has 19 heteroatoms. The van der Waals surface area contributed by atoms with Crippen molar-refractivity contribution < 1.29 is 89.4 Å². The first-order valence-corrected chi connectivity index (χ1v) is 37.0. The van der Waals surface area contributed by atoms with E-state index in [0.29, 0.717) is 6.42 Å². The number of nitrogens with one attached hydrogen (secondary N) is 1. The predicted molar refractivity (Wildman–Crippen MR) is 365 cm³/mol. The summed E-state index contributed by atoms with van der Waals surface area (Å²) in [6, 6.07) is -0.998. The average molecular weight is 1320 g/mol. The summed E-state index contributed by atoms with van der Waals surface area (Å²) in [5.41, 5.74) is 0. The minimum absolute atomic E-state index is 0.189. The largest absolute Gasteiger partial charge is 0.394 e. The molecule has 3 saturated heterocycles. The van der Waals surface area contributed by atoms with Crippen LogP contribution in [0.2, 0.25) is 0 Å². The summed E-state index contributed by atoms with van der Waals surface area (Å²) in [6.07, 6.45) is 42.4. The van der Waals surface area contributed by atoms with E-state index >= 15 is 0 Å². The maximum Gasteiger partial charge on any atom is 0.220 e. The van der Waals surface area contributed by atoms with E-state index in [9.17, 15) is 61.0 Å². The molecule has 19 nitrogen and oxygen atoms in total. The second kappa shape index (κ2) is 55.4. The average Bonchev–Trinajstić information content (AvgIpc) is 0.814. The molecule has 93 heavy (non-hydrogen) atoms. The first-order valence-electron chi connectivity index (χ1n) is 37.0. The Morgan fingerprint density at radius 2 is 0.742 bits per heavy atom. The Labute approximate surface area is 560 Å². The van der Waals surface area contributed by atoms with Crippen molar-refractivity contribution in [1.29, 1.82) is 0 Å². The van der Waals surface area contributed by atoms with Crippen LogP contribution in [0.4, 0.5) is 0 Å². The molecule has 0 aliphatic carbocycles. The lowest BCUT2D eigenvalue weighted by atomic mass is 9.96. The van der Waals surface area contributed by atoms with Gasteiger partial charge in [-0.2, -0.15) is 0 Å². The van der Waals surface area contributed by atoms with E-state index in [4.69, 9.17) is 28.4 Å². The number of hydrogen-bond donors (Lipinski definition) is 12. The van der Waals surface area contributed by atoms with Crippen molar-refractivity contribution in [3.8, 4) is 0 Å². The molecule has 17 atom stereocenters. The third kappa shape index (κ3) is 36.8. The molecule has 3 aliphatic rings. The van der Waals surface area contributed by atoms with E-state index in [2.05, 4.69) is 67.8 Å². The Hall–Kier alpha value is -2.51. The van der Waals surface area contributed by atoms with Crippen LogP contribution in [0.25, 0.3) is 0 Å². The fraction of sp³-hybridized carbons (Fsp3) is 0.851. The van der Waals surface area contributed by atoms with Crippen LogP contribution in [0.1, 0.15) is 271 Å². The zero-order valence-corrected chi connectivity index (χ0v) is 57.5. The number of carbonyl (C=O) groups excluding carboxylic acids is 1. The van der Waals surface area contributed by atoms with Crippen molar-refractivity contribution in [1.82, 2.24) is 5.32 Å². The topological polar surface area (TPSA) is 307 Å². The maximum atomic E-state index is 13.4. The minimum Gasteiger partial charge on any atom is -0.394 e. The molecule has 3 fully saturated rings. The van der Waals surface area contributed by atoms with Crippen LogP contribution in [0.15, 0.2) is 60.8 Å². The lowest BCUT2D eigenvalue weighted by Crippen LogP contribution is -2.66. The van der Waals surface area contributed by atoms with Gasteiger partial charge in [-0.05, 0) is 57.8 Å². The molecule has 0 aromatic carbocycles. The molecular weight excluding hydrogens is 1190 g/mol. The van der Waals surface area contributed by atoms with Crippen molar-refractivity contribution >= 4 is 5.91 Å². The molecule has 0 spiro atoms.